The number of halogens is 2. The van der Waals surface area contributed by atoms with Crippen LogP contribution in [0.1, 0.15) is 27.2 Å². The molecule has 0 rings (SSSR count). The molecule has 0 aromatic rings. The molecule has 0 saturated carbocycles. The largest absolute Gasteiger partial charge is 0.263 e. The van der Waals surface area contributed by atoms with Gasteiger partial charge in [-0.3, -0.25) is 0 Å². The number of hydrogen-bond acceptors (Lipinski definition) is 1. The quantitative estimate of drug-likeness (QED) is 0.506. The van der Waals surface area contributed by atoms with Crippen molar-refractivity contribution in [2.45, 2.75) is 33.6 Å². The first-order chi connectivity index (χ1) is 7.15. The summed E-state index contributed by atoms with van der Waals surface area (Å²) in [7, 11) is 0. The average molecular weight is 213 g/mol. The maximum atomic E-state index is 12.3. The monoisotopic (exact) mass is 213 g/mol. The molecular formula is C12H17F2N. The predicted octanol–water partition coefficient (Wildman–Crippen LogP) is 4.25. The van der Waals surface area contributed by atoms with Crippen LogP contribution in [-0.2, 0) is 0 Å². The van der Waals surface area contributed by atoms with E-state index in [9.17, 15) is 8.78 Å². The summed E-state index contributed by atoms with van der Waals surface area (Å²) in [6.07, 6.45) is 1.79. The Kier molecular flexibility index (Phi) is 11.4. The van der Waals surface area contributed by atoms with E-state index in [4.69, 9.17) is 5.26 Å². The molecule has 0 saturated heterocycles. The van der Waals surface area contributed by atoms with Crippen molar-refractivity contribution < 1.29 is 8.78 Å². The number of hydrogen-bond donors (Lipinski definition) is 0. The van der Waals surface area contributed by atoms with Crippen molar-refractivity contribution in [2.75, 3.05) is 0 Å². The summed E-state index contributed by atoms with van der Waals surface area (Å²) in [5.74, 6) is 0. The highest BCUT2D eigenvalue weighted by Gasteiger charge is 2.07. The van der Waals surface area contributed by atoms with Gasteiger partial charge >= 0.3 is 0 Å². The van der Waals surface area contributed by atoms with Crippen LogP contribution in [0.4, 0.5) is 8.78 Å². The SMILES string of the molecule is C=C/C(C#N)=C\C(=C\CC)C(F)F.CC. The van der Waals surface area contributed by atoms with Crippen molar-refractivity contribution in [1.29, 1.82) is 5.26 Å². The van der Waals surface area contributed by atoms with Crippen LogP contribution < -0.4 is 0 Å². The summed E-state index contributed by atoms with van der Waals surface area (Å²) < 4.78 is 24.5. The van der Waals surface area contributed by atoms with Gasteiger partial charge in [0.15, 0.2) is 0 Å². The van der Waals surface area contributed by atoms with Crippen LogP contribution in [0, 0.1) is 11.3 Å². The summed E-state index contributed by atoms with van der Waals surface area (Å²) in [4.78, 5) is 0. The Hall–Kier alpha value is -1.43. The second-order valence-corrected chi connectivity index (χ2v) is 2.33. The van der Waals surface area contributed by atoms with Gasteiger partial charge in [-0.05, 0) is 12.5 Å². The molecule has 0 amide bonds. The molecule has 0 bridgehead atoms. The molecule has 0 aromatic heterocycles. The number of alkyl halides is 2. The number of nitrogens with zero attached hydrogens (tertiary/aromatic N) is 1. The van der Waals surface area contributed by atoms with E-state index in [2.05, 4.69) is 6.58 Å². The van der Waals surface area contributed by atoms with Crippen molar-refractivity contribution in [3.63, 3.8) is 0 Å². The molecule has 3 heteroatoms. The van der Waals surface area contributed by atoms with Gasteiger partial charge in [0.1, 0.15) is 0 Å². The summed E-state index contributed by atoms with van der Waals surface area (Å²) in [5.41, 5.74) is 0.0268. The van der Waals surface area contributed by atoms with Gasteiger partial charge in [-0.25, -0.2) is 8.78 Å². The van der Waals surface area contributed by atoms with Gasteiger partial charge < -0.3 is 0 Å². The zero-order valence-electron chi connectivity index (χ0n) is 9.43. The lowest BCUT2D eigenvalue weighted by atomic mass is 10.1. The molecule has 0 atom stereocenters. The van der Waals surface area contributed by atoms with E-state index >= 15 is 0 Å². The van der Waals surface area contributed by atoms with Crippen molar-refractivity contribution in [3.05, 3.63) is 36.0 Å². The van der Waals surface area contributed by atoms with Gasteiger partial charge in [-0.1, -0.05) is 39.5 Å². The highest BCUT2D eigenvalue weighted by atomic mass is 19.3. The van der Waals surface area contributed by atoms with E-state index in [0.717, 1.165) is 6.08 Å². The average Bonchev–Trinajstić information content (AvgIpc) is 2.26. The van der Waals surface area contributed by atoms with Crippen LogP contribution >= 0.6 is 0 Å². The molecule has 0 heterocycles. The molecule has 0 radical (unpaired) electrons. The second-order valence-electron chi connectivity index (χ2n) is 2.33. The number of nitriles is 1. The predicted molar refractivity (Wildman–Crippen MR) is 59.6 cm³/mol. The topological polar surface area (TPSA) is 23.8 Å². The Morgan fingerprint density at radius 2 is 2.00 bits per heavy atom. The summed E-state index contributed by atoms with van der Waals surface area (Å²) in [6, 6.07) is 1.76. The van der Waals surface area contributed by atoms with Gasteiger partial charge in [0.2, 0.25) is 0 Å². The lowest BCUT2D eigenvalue weighted by Gasteiger charge is -1.99. The Morgan fingerprint density at radius 1 is 1.47 bits per heavy atom. The molecule has 0 aliphatic carbocycles. The van der Waals surface area contributed by atoms with E-state index in [1.54, 1.807) is 13.0 Å². The molecule has 0 aliphatic heterocycles. The maximum absolute atomic E-state index is 12.3. The Bertz CT molecular complexity index is 270. The highest BCUT2D eigenvalue weighted by molar-refractivity contribution is 5.39. The molecule has 0 spiro atoms. The van der Waals surface area contributed by atoms with E-state index in [0.29, 0.717) is 6.42 Å². The van der Waals surface area contributed by atoms with E-state index in [1.165, 1.54) is 12.2 Å². The molecule has 0 aliphatic rings. The third-order valence-electron chi connectivity index (χ3n) is 1.36. The minimum atomic E-state index is -2.54. The first-order valence-electron chi connectivity index (χ1n) is 4.88. The molecule has 0 N–H and O–H groups in total. The molecule has 1 nitrogen and oxygen atoms in total. The lowest BCUT2D eigenvalue weighted by Crippen LogP contribution is -1.94. The van der Waals surface area contributed by atoms with Gasteiger partial charge in [0, 0.05) is 5.57 Å². The molecule has 0 unspecified atom stereocenters. The smallest absolute Gasteiger partial charge is 0.205 e. The van der Waals surface area contributed by atoms with E-state index in [1.807, 2.05) is 13.8 Å². The zero-order valence-corrected chi connectivity index (χ0v) is 9.43. The highest BCUT2D eigenvalue weighted by Crippen LogP contribution is 2.13. The molecule has 0 fully saturated rings. The fraction of sp³-hybridized carbons (Fsp3) is 0.417. The van der Waals surface area contributed by atoms with Crippen molar-refractivity contribution in [1.82, 2.24) is 0 Å². The first-order valence-corrected chi connectivity index (χ1v) is 4.88. The fourth-order valence-corrected chi connectivity index (χ4v) is 0.763. The minimum absolute atomic E-state index is 0.126. The Labute approximate surface area is 90.4 Å². The normalized spacial score (nSPS) is 11.5. The maximum Gasteiger partial charge on any atom is 0.263 e. The lowest BCUT2D eigenvalue weighted by molar-refractivity contribution is 0.193. The molecule has 0 aromatic carbocycles. The van der Waals surface area contributed by atoms with Crippen LogP contribution in [0.3, 0.4) is 0 Å². The minimum Gasteiger partial charge on any atom is -0.205 e. The molecule has 84 valence electrons. The van der Waals surface area contributed by atoms with Crippen molar-refractivity contribution >= 4 is 0 Å². The van der Waals surface area contributed by atoms with Crippen molar-refractivity contribution in [2.24, 2.45) is 0 Å². The van der Waals surface area contributed by atoms with Gasteiger partial charge in [-0.15, -0.1) is 0 Å². The second kappa shape index (κ2) is 10.6. The summed E-state index contributed by atoms with van der Waals surface area (Å²) in [6.45, 7) is 9.10. The third-order valence-corrected chi connectivity index (χ3v) is 1.36. The van der Waals surface area contributed by atoms with Crippen LogP contribution in [0.2, 0.25) is 0 Å². The summed E-state index contributed by atoms with van der Waals surface area (Å²) >= 11 is 0. The van der Waals surface area contributed by atoms with E-state index < -0.39 is 6.43 Å². The first kappa shape index (κ1) is 16.0. The van der Waals surface area contributed by atoms with Crippen LogP contribution in [0.5, 0.6) is 0 Å². The van der Waals surface area contributed by atoms with Crippen molar-refractivity contribution in [3.8, 4) is 6.07 Å². The van der Waals surface area contributed by atoms with Crippen LogP contribution in [-0.4, -0.2) is 6.43 Å². The fourth-order valence-electron chi connectivity index (χ4n) is 0.763. The molecule has 15 heavy (non-hydrogen) atoms. The van der Waals surface area contributed by atoms with E-state index in [-0.39, 0.29) is 11.1 Å². The van der Waals surface area contributed by atoms with Crippen LogP contribution in [0.25, 0.3) is 0 Å². The summed E-state index contributed by atoms with van der Waals surface area (Å²) in [5, 5.41) is 8.46. The zero-order chi connectivity index (χ0) is 12.3. The standard InChI is InChI=1S/C10H11F2N.C2H6/c1-3-5-9(10(11)12)6-8(4-2)7-13;1-2/h4-6,10H,2-3H2,1H3;1-2H3/b8-6+,9-5-;. The van der Waals surface area contributed by atoms with Gasteiger partial charge in [-0.2, -0.15) is 5.26 Å². The number of allylic oxidation sites excluding steroid dienone is 5. The Balaban J connectivity index is 0. The van der Waals surface area contributed by atoms with Gasteiger partial charge in [0.25, 0.3) is 6.43 Å². The van der Waals surface area contributed by atoms with Gasteiger partial charge in [0.05, 0.1) is 11.6 Å². The number of rotatable bonds is 4. The molecular weight excluding hydrogens is 196 g/mol. The third kappa shape index (κ3) is 7.63. The Morgan fingerprint density at radius 3 is 2.27 bits per heavy atom. The van der Waals surface area contributed by atoms with Crippen LogP contribution in [0.15, 0.2) is 36.0 Å².